The van der Waals surface area contributed by atoms with Gasteiger partial charge in [0.25, 0.3) is 0 Å². The van der Waals surface area contributed by atoms with E-state index in [1.54, 1.807) is 6.26 Å². The molecule has 0 unspecified atom stereocenters. The summed E-state index contributed by atoms with van der Waals surface area (Å²) in [5, 5.41) is 2.63. The number of carbonyl (C=O) groups excluding carboxylic acids is 1. The van der Waals surface area contributed by atoms with E-state index in [2.05, 4.69) is 60.7 Å². The van der Waals surface area contributed by atoms with Crippen molar-refractivity contribution >= 4 is 36.4 Å². The Labute approximate surface area is 159 Å². The fraction of sp³-hybridized carbons (Fsp3) is 0.0417. The fourth-order valence-electron chi connectivity index (χ4n) is 3.56. The van der Waals surface area contributed by atoms with Gasteiger partial charge in [-0.1, -0.05) is 24.3 Å². The van der Waals surface area contributed by atoms with E-state index in [9.17, 15) is 4.79 Å². The van der Waals surface area contributed by atoms with Gasteiger partial charge in [0.15, 0.2) is 20.1 Å². The third-order valence-electron chi connectivity index (χ3n) is 4.83. The maximum atomic E-state index is 12.5. The first kappa shape index (κ1) is 16.0. The highest BCUT2D eigenvalue weighted by Crippen LogP contribution is 2.48. The Bertz CT molecular complexity index is 1190. The van der Waals surface area contributed by atoms with Gasteiger partial charge in [0.05, 0.1) is 12.7 Å². The van der Waals surface area contributed by atoms with E-state index in [-0.39, 0.29) is 16.3 Å². The van der Waals surface area contributed by atoms with Crippen molar-refractivity contribution in [3.63, 3.8) is 0 Å². The molecule has 0 aliphatic carbocycles. The second-order valence-electron chi connectivity index (χ2n) is 6.50. The van der Waals surface area contributed by atoms with Crippen LogP contribution >= 0.6 is 10.5 Å². The van der Waals surface area contributed by atoms with Crippen LogP contribution in [0.25, 0.3) is 25.1 Å². The number of furan rings is 1. The molecule has 2 nitrogen and oxygen atoms in total. The van der Waals surface area contributed by atoms with Crippen LogP contribution in [-0.4, -0.2) is 5.78 Å². The Morgan fingerprint density at radius 2 is 1.37 bits per heavy atom. The molecule has 0 fully saturated rings. The number of hydrogen-bond donors (Lipinski definition) is 0. The average Bonchev–Trinajstić information content (AvgIpc) is 3.34. The molecule has 0 amide bonds. The first-order valence-corrected chi connectivity index (χ1v) is 10.1. The lowest BCUT2D eigenvalue weighted by Gasteiger charge is -1.99. The largest absolute Gasteiger partial charge is 0.469 e. The van der Waals surface area contributed by atoms with E-state index in [4.69, 9.17) is 4.42 Å². The molecular weight excluding hydrogens is 352 g/mol. The van der Waals surface area contributed by atoms with E-state index in [0.717, 1.165) is 5.56 Å². The van der Waals surface area contributed by atoms with Crippen LogP contribution in [0.1, 0.15) is 16.1 Å². The topological polar surface area (TPSA) is 30.2 Å². The average molecular weight is 369 g/mol. The van der Waals surface area contributed by atoms with Gasteiger partial charge >= 0.3 is 0 Å². The number of hydrogen-bond acceptors (Lipinski definition) is 2. The molecule has 2 heterocycles. The van der Waals surface area contributed by atoms with Crippen LogP contribution in [-0.2, 0) is 6.42 Å². The molecule has 0 aliphatic rings. The predicted octanol–water partition coefficient (Wildman–Crippen LogP) is 6.75. The van der Waals surface area contributed by atoms with Gasteiger partial charge in [0, 0.05) is 26.8 Å². The summed E-state index contributed by atoms with van der Waals surface area (Å²) in [5.41, 5.74) is 0.722. The maximum absolute atomic E-state index is 12.5. The Morgan fingerprint density at radius 1 is 0.741 bits per heavy atom. The van der Waals surface area contributed by atoms with Crippen molar-refractivity contribution in [2.24, 2.45) is 0 Å². The molecular formula is C24H17O2S+. The van der Waals surface area contributed by atoms with E-state index < -0.39 is 0 Å². The number of Topliss-reactive ketones (excluding diaryl/α,β-unsaturated/α-hetero) is 1. The SMILES string of the molecule is O=C(Cc1ccco1)c1ccc(-[s+]2c3ccccc3c3ccccc32)cc1. The van der Waals surface area contributed by atoms with Gasteiger partial charge in [0.1, 0.15) is 5.76 Å². The quantitative estimate of drug-likeness (QED) is 0.259. The Kier molecular flexibility index (Phi) is 3.88. The smallest absolute Gasteiger partial charge is 0.187 e. The normalized spacial score (nSPS) is 11.3. The molecule has 3 heteroatoms. The van der Waals surface area contributed by atoms with Crippen molar-refractivity contribution in [2.45, 2.75) is 6.42 Å². The third-order valence-corrected chi connectivity index (χ3v) is 7.17. The molecule has 0 spiro atoms. The van der Waals surface area contributed by atoms with Crippen LogP contribution in [0, 0.1) is 0 Å². The molecule has 0 saturated carbocycles. The lowest BCUT2D eigenvalue weighted by molar-refractivity contribution is 0.0987. The van der Waals surface area contributed by atoms with E-state index >= 15 is 0 Å². The monoisotopic (exact) mass is 369 g/mol. The predicted molar refractivity (Wildman–Crippen MR) is 112 cm³/mol. The minimum Gasteiger partial charge on any atom is -0.469 e. The highest BCUT2D eigenvalue weighted by molar-refractivity contribution is 7.50. The van der Waals surface area contributed by atoms with Gasteiger partial charge in [-0.05, 0) is 60.7 Å². The minimum absolute atomic E-state index is 0.0760. The molecule has 0 saturated heterocycles. The molecule has 0 atom stereocenters. The van der Waals surface area contributed by atoms with Gasteiger partial charge in [0.2, 0.25) is 0 Å². The third kappa shape index (κ3) is 2.77. The summed E-state index contributed by atoms with van der Waals surface area (Å²) in [7, 11) is -0.123. The standard InChI is InChI=1S/C24H17O2S/c25-22(16-18-6-5-15-26-18)17-11-13-19(14-12-17)27-23-9-3-1-7-20(23)21-8-2-4-10-24(21)27/h1-15H,16H2/q+1. The Hall–Kier alpha value is -3.17. The van der Waals surface area contributed by atoms with E-state index in [1.165, 1.54) is 25.1 Å². The van der Waals surface area contributed by atoms with E-state index in [0.29, 0.717) is 12.2 Å². The summed E-state index contributed by atoms with van der Waals surface area (Å²) in [6.45, 7) is 0. The van der Waals surface area contributed by atoms with Gasteiger partial charge in [-0.15, -0.1) is 0 Å². The van der Waals surface area contributed by atoms with Crippen LogP contribution < -0.4 is 0 Å². The number of rotatable bonds is 4. The molecule has 5 rings (SSSR count). The fourth-order valence-corrected chi connectivity index (χ4v) is 5.94. The summed E-state index contributed by atoms with van der Waals surface area (Å²) in [6.07, 6.45) is 1.89. The van der Waals surface area contributed by atoms with Crippen LogP contribution in [0.5, 0.6) is 0 Å². The zero-order valence-electron chi connectivity index (χ0n) is 14.6. The van der Waals surface area contributed by atoms with Crippen LogP contribution in [0.15, 0.2) is 95.6 Å². The first-order valence-electron chi connectivity index (χ1n) is 8.89. The van der Waals surface area contributed by atoms with Crippen LogP contribution in [0.4, 0.5) is 0 Å². The summed E-state index contributed by atoms with van der Waals surface area (Å²) in [6, 6.07) is 28.9. The van der Waals surface area contributed by atoms with Gasteiger partial charge < -0.3 is 4.42 Å². The molecule has 0 bridgehead atoms. The summed E-state index contributed by atoms with van der Waals surface area (Å²) >= 11 is 0. The van der Waals surface area contributed by atoms with Crippen LogP contribution in [0.2, 0.25) is 0 Å². The highest BCUT2D eigenvalue weighted by atomic mass is 32.2. The van der Waals surface area contributed by atoms with Crippen molar-refractivity contribution in [2.75, 3.05) is 0 Å². The number of ketones is 1. The lowest BCUT2D eigenvalue weighted by Crippen LogP contribution is -2.02. The van der Waals surface area contributed by atoms with Crippen LogP contribution in [0.3, 0.4) is 0 Å². The summed E-state index contributed by atoms with van der Waals surface area (Å²) in [5.74, 6) is 0.775. The highest BCUT2D eigenvalue weighted by Gasteiger charge is 2.23. The molecule has 3 aromatic carbocycles. The van der Waals surface area contributed by atoms with Gasteiger partial charge in [-0.25, -0.2) is 0 Å². The zero-order valence-corrected chi connectivity index (χ0v) is 15.4. The molecule has 130 valence electrons. The molecule has 5 aromatic rings. The molecule has 2 aromatic heterocycles. The Morgan fingerprint density at radius 3 is 1.96 bits per heavy atom. The molecule has 0 N–H and O–H groups in total. The Balaban J connectivity index is 1.58. The summed E-state index contributed by atoms with van der Waals surface area (Å²) in [4.78, 5) is 13.7. The number of benzene rings is 3. The molecule has 0 aliphatic heterocycles. The van der Waals surface area contributed by atoms with Gasteiger partial charge in [-0.3, -0.25) is 4.79 Å². The molecule has 27 heavy (non-hydrogen) atoms. The maximum Gasteiger partial charge on any atom is 0.187 e. The number of thiophene rings is 1. The van der Waals surface area contributed by atoms with Crippen molar-refractivity contribution < 1.29 is 9.21 Å². The van der Waals surface area contributed by atoms with Crippen molar-refractivity contribution in [1.29, 1.82) is 0 Å². The summed E-state index contributed by atoms with van der Waals surface area (Å²) < 4.78 is 8.00. The van der Waals surface area contributed by atoms with Gasteiger partial charge in [-0.2, -0.15) is 0 Å². The second-order valence-corrected chi connectivity index (χ2v) is 8.47. The van der Waals surface area contributed by atoms with Crippen molar-refractivity contribution in [3.8, 4) is 4.90 Å². The first-order chi connectivity index (χ1) is 13.3. The van der Waals surface area contributed by atoms with Crippen molar-refractivity contribution in [1.82, 2.24) is 0 Å². The minimum atomic E-state index is -0.123. The molecule has 0 radical (unpaired) electrons. The van der Waals surface area contributed by atoms with Crippen molar-refractivity contribution in [3.05, 3.63) is 103 Å². The number of carbonyl (C=O) groups is 1. The zero-order chi connectivity index (χ0) is 18.2. The number of fused-ring (bicyclic) bond motifs is 3. The second kappa shape index (κ2) is 6.53. The lowest BCUT2D eigenvalue weighted by atomic mass is 10.1. The van der Waals surface area contributed by atoms with E-state index in [1.807, 2.05) is 24.3 Å².